The number of aliphatic carboxylic acids is 1. The number of ether oxygens (including phenoxy) is 1. The van der Waals surface area contributed by atoms with E-state index in [1.807, 2.05) is 0 Å². The van der Waals surface area contributed by atoms with Gasteiger partial charge in [0.05, 0.1) is 10.6 Å². The molecule has 1 unspecified atom stereocenters. The van der Waals surface area contributed by atoms with E-state index in [-0.39, 0.29) is 30.3 Å². The fraction of sp³-hybridized carbons (Fsp3) is 0.438. The molecule has 1 N–H and O–H groups in total. The van der Waals surface area contributed by atoms with Crippen LogP contribution in [-0.2, 0) is 14.4 Å². The van der Waals surface area contributed by atoms with Crippen LogP contribution in [0.3, 0.4) is 0 Å². The van der Waals surface area contributed by atoms with Gasteiger partial charge in [0.15, 0.2) is 6.61 Å². The molecule has 1 saturated heterocycles. The van der Waals surface area contributed by atoms with Gasteiger partial charge in [-0.15, -0.1) is 0 Å². The number of carbonyl (C=O) groups excluding carboxylic acids is 2. The molecule has 0 aromatic heterocycles. The number of fused-ring (bicyclic) bond motifs is 1. The Labute approximate surface area is 148 Å². The lowest BCUT2D eigenvalue weighted by Crippen LogP contribution is -2.54. The number of rotatable bonds is 4. The Kier molecular flexibility index (Phi) is 4.26. The van der Waals surface area contributed by atoms with Crippen LogP contribution in [0.15, 0.2) is 18.2 Å². The van der Waals surface area contributed by atoms with Crippen LogP contribution >= 0.6 is 0 Å². The molecule has 1 aromatic rings. The second-order valence-corrected chi connectivity index (χ2v) is 6.41. The van der Waals surface area contributed by atoms with E-state index in [1.165, 1.54) is 30.0 Å². The monoisotopic (exact) mass is 363 g/mol. The molecule has 2 amide bonds. The first-order valence-electron chi connectivity index (χ1n) is 7.99. The Morgan fingerprint density at radius 2 is 2.15 bits per heavy atom. The van der Waals surface area contributed by atoms with Gasteiger partial charge in [0.1, 0.15) is 17.8 Å². The first kappa shape index (κ1) is 17.6. The predicted molar refractivity (Wildman–Crippen MR) is 87.9 cm³/mol. The molecule has 138 valence electrons. The minimum atomic E-state index is -1.32. The number of hydrogen-bond acceptors (Lipinski definition) is 6. The van der Waals surface area contributed by atoms with E-state index >= 15 is 0 Å². The van der Waals surface area contributed by atoms with Crippen LogP contribution in [0.5, 0.6) is 5.75 Å². The summed E-state index contributed by atoms with van der Waals surface area (Å²) < 4.78 is 5.25. The first-order chi connectivity index (χ1) is 12.2. The molecule has 0 bridgehead atoms. The largest absolute Gasteiger partial charge is 0.482 e. The van der Waals surface area contributed by atoms with Crippen molar-refractivity contribution in [1.82, 2.24) is 4.90 Å². The number of nitrogens with zero attached hydrogens (tertiary/aromatic N) is 3. The second kappa shape index (κ2) is 6.28. The molecular formula is C16H17N3O7. The molecular weight excluding hydrogens is 346 g/mol. The molecule has 0 radical (unpaired) electrons. The normalized spacial score (nSPS) is 22.0. The van der Waals surface area contributed by atoms with Gasteiger partial charge >= 0.3 is 5.97 Å². The third-order valence-electron chi connectivity index (χ3n) is 4.79. The van der Waals surface area contributed by atoms with E-state index in [2.05, 4.69) is 0 Å². The second-order valence-electron chi connectivity index (χ2n) is 6.41. The zero-order valence-corrected chi connectivity index (χ0v) is 14.0. The van der Waals surface area contributed by atoms with Crippen LogP contribution in [0.1, 0.15) is 19.8 Å². The summed E-state index contributed by atoms with van der Waals surface area (Å²) in [4.78, 5) is 49.2. The van der Waals surface area contributed by atoms with Crippen molar-refractivity contribution in [3.8, 4) is 5.75 Å². The number of nitro groups is 1. The summed E-state index contributed by atoms with van der Waals surface area (Å²) in [5.41, 5.74) is -1.44. The van der Waals surface area contributed by atoms with E-state index in [9.17, 15) is 29.6 Å². The highest BCUT2D eigenvalue weighted by molar-refractivity contribution is 6.03. The van der Waals surface area contributed by atoms with E-state index in [1.54, 1.807) is 0 Å². The van der Waals surface area contributed by atoms with Crippen LogP contribution in [0.2, 0.25) is 0 Å². The highest BCUT2D eigenvalue weighted by Gasteiger charge is 2.46. The topological polar surface area (TPSA) is 130 Å². The van der Waals surface area contributed by atoms with Gasteiger partial charge in [0.2, 0.25) is 5.91 Å². The summed E-state index contributed by atoms with van der Waals surface area (Å²) in [5.74, 6) is -1.90. The average molecular weight is 363 g/mol. The lowest BCUT2D eigenvalue weighted by atomic mass is 9.99. The first-order valence-corrected chi connectivity index (χ1v) is 7.99. The molecule has 2 aliphatic rings. The van der Waals surface area contributed by atoms with E-state index in [0.29, 0.717) is 12.8 Å². The fourth-order valence-corrected chi connectivity index (χ4v) is 3.28. The Balaban J connectivity index is 1.89. The van der Waals surface area contributed by atoms with Crippen molar-refractivity contribution >= 4 is 29.2 Å². The number of nitro benzene ring substituents is 1. The van der Waals surface area contributed by atoms with Crippen LogP contribution in [0.4, 0.5) is 11.4 Å². The van der Waals surface area contributed by atoms with Crippen molar-refractivity contribution in [2.24, 2.45) is 0 Å². The predicted octanol–water partition coefficient (Wildman–Crippen LogP) is 0.786. The quantitative estimate of drug-likeness (QED) is 0.618. The number of amides is 2. The molecule has 0 spiro atoms. The van der Waals surface area contributed by atoms with Gasteiger partial charge in [0.25, 0.3) is 11.6 Å². The molecule has 0 saturated carbocycles. The van der Waals surface area contributed by atoms with E-state index < -0.39 is 34.8 Å². The Hall–Kier alpha value is -3.17. The van der Waals surface area contributed by atoms with Crippen molar-refractivity contribution in [2.75, 3.05) is 24.6 Å². The van der Waals surface area contributed by atoms with Crippen molar-refractivity contribution < 1.29 is 29.2 Å². The molecule has 2 aliphatic heterocycles. The summed E-state index contributed by atoms with van der Waals surface area (Å²) >= 11 is 0. The molecule has 10 nitrogen and oxygen atoms in total. The fourth-order valence-electron chi connectivity index (χ4n) is 3.28. The molecule has 3 rings (SSSR count). The van der Waals surface area contributed by atoms with Gasteiger partial charge < -0.3 is 14.7 Å². The van der Waals surface area contributed by atoms with Gasteiger partial charge in [0, 0.05) is 18.7 Å². The van der Waals surface area contributed by atoms with Crippen molar-refractivity contribution in [1.29, 1.82) is 0 Å². The standard InChI is InChI=1S/C16H17N3O7/c1-16(15(22)23)5-2-6-18(16)13(20)8-17-11-7-10(19(24)25)3-4-12(11)26-9-14(17)21/h3-4,7H,2,5-6,8-9H2,1H3,(H,22,23). The average Bonchev–Trinajstić information content (AvgIpc) is 3.00. The maximum atomic E-state index is 12.7. The number of benzene rings is 1. The molecule has 10 heteroatoms. The molecule has 26 heavy (non-hydrogen) atoms. The van der Waals surface area contributed by atoms with Gasteiger partial charge in [-0.2, -0.15) is 0 Å². The number of hydrogen-bond donors (Lipinski definition) is 1. The number of non-ortho nitro benzene ring substituents is 1. The summed E-state index contributed by atoms with van der Waals surface area (Å²) in [5, 5.41) is 20.4. The number of carboxylic acids is 1. The Morgan fingerprint density at radius 1 is 1.42 bits per heavy atom. The highest BCUT2D eigenvalue weighted by Crippen LogP contribution is 2.36. The third-order valence-corrected chi connectivity index (χ3v) is 4.79. The summed E-state index contributed by atoms with van der Waals surface area (Å²) in [6, 6.07) is 3.78. The molecule has 0 aliphatic carbocycles. The minimum absolute atomic E-state index is 0.125. The molecule has 2 heterocycles. The van der Waals surface area contributed by atoms with Gasteiger partial charge in [-0.1, -0.05) is 0 Å². The maximum Gasteiger partial charge on any atom is 0.329 e. The smallest absolute Gasteiger partial charge is 0.329 e. The maximum absolute atomic E-state index is 12.7. The zero-order valence-electron chi connectivity index (χ0n) is 14.0. The van der Waals surface area contributed by atoms with Crippen LogP contribution < -0.4 is 9.64 Å². The number of likely N-dealkylation sites (tertiary alicyclic amines) is 1. The molecule has 1 fully saturated rings. The highest BCUT2D eigenvalue weighted by atomic mass is 16.6. The summed E-state index contributed by atoms with van der Waals surface area (Å²) in [6.07, 6.45) is 0.876. The van der Waals surface area contributed by atoms with E-state index in [4.69, 9.17) is 4.74 Å². The summed E-state index contributed by atoms with van der Waals surface area (Å²) in [6.45, 7) is 1.05. The van der Waals surface area contributed by atoms with E-state index in [0.717, 1.165) is 4.90 Å². The number of anilines is 1. The van der Waals surface area contributed by atoms with Gasteiger partial charge in [-0.25, -0.2) is 4.79 Å². The minimum Gasteiger partial charge on any atom is -0.482 e. The molecule has 1 atom stereocenters. The Bertz CT molecular complexity index is 809. The molecule has 1 aromatic carbocycles. The van der Waals surface area contributed by atoms with Crippen LogP contribution in [0, 0.1) is 10.1 Å². The summed E-state index contributed by atoms with van der Waals surface area (Å²) in [7, 11) is 0. The van der Waals surface area contributed by atoms with Gasteiger partial charge in [-0.3, -0.25) is 24.6 Å². The lowest BCUT2D eigenvalue weighted by molar-refractivity contribution is -0.384. The van der Waals surface area contributed by atoms with Crippen molar-refractivity contribution in [3.63, 3.8) is 0 Å². The zero-order chi connectivity index (χ0) is 19.1. The lowest BCUT2D eigenvalue weighted by Gasteiger charge is -2.34. The van der Waals surface area contributed by atoms with Crippen LogP contribution in [0.25, 0.3) is 0 Å². The van der Waals surface area contributed by atoms with Crippen LogP contribution in [-0.4, -0.2) is 57.9 Å². The Morgan fingerprint density at radius 3 is 2.81 bits per heavy atom. The van der Waals surface area contributed by atoms with Crippen molar-refractivity contribution in [3.05, 3.63) is 28.3 Å². The third kappa shape index (κ3) is 2.83. The SMILES string of the molecule is CC1(C(=O)O)CCCN1C(=O)CN1C(=O)COc2ccc([N+](=O)[O-])cc21. The number of carbonyl (C=O) groups is 3. The van der Waals surface area contributed by atoms with Crippen molar-refractivity contribution in [2.45, 2.75) is 25.3 Å². The van der Waals surface area contributed by atoms with Gasteiger partial charge in [-0.05, 0) is 25.8 Å². The number of carboxylic acid groups (broad SMARTS) is 1.